The van der Waals surface area contributed by atoms with Crippen molar-refractivity contribution in [2.24, 2.45) is 0 Å². The zero-order valence-electron chi connectivity index (χ0n) is 41.4. The summed E-state index contributed by atoms with van der Waals surface area (Å²) in [5.74, 6) is -0.320. The van der Waals surface area contributed by atoms with Crippen LogP contribution in [0, 0.1) is 0 Å². The molecule has 0 spiro atoms. The molecule has 0 rings (SSSR count). The van der Waals surface area contributed by atoms with Gasteiger partial charge in [-0.3, -0.25) is 9.59 Å². The molecule has 1 amide bonds. The van der Waals surface area contributed by atoms with Gasteiger partial charge in [-0.15, -0.1) is 0 Å². The van der Waals surface area contributed by atoms with Crippen LogP contribution in [0.3, 0.4) is 0 Å². The summed E-state index contributed by atoms with van der Waals surface area (Å²) in [7, 11) is 8.15. The third-order valence-electron chi connectivity index (χ3n) is 10.5. The maximum absolute atomic E-state index is 13.5. The van der Waals surface area contributed by atoms with Gasteiger partial charge in [0.25, 0.3) is 0 Å². The molecular weight excluding hydrogens is 787 g/mol. The third kappa shape index (κ3) is 45.0. The predicted octanol–water partition coefficient (Wildman–Crippen LogP) is 13.5. The summed E-state index contributed by atoms with van der Waals surface area (Å²) in [6.45, 7) is 7.95. The Morgan fingerprint density at radius 1 is 0.429 bits per heavy atom. The molecule has 0 fully saturated rings. The molecule has 63 heavy (non-hydrogen) atoms. The average molecular weight is 882 g/mol. The van der Waals surface area contributed by atoms with Crippen LogP contribution in [0.2, 0.25) is 0 Å². The molecule has 0 radical (unpaired) electrons. The van der Waals surface area contributed by atoms with E-state index in [0.29, 0.717) is 64.8 Å². The fourth-order valence-electron chi connectivity index (χ4n) is 6.84. The molecule has 9 heteroatoms. The first-order chi connectivity index (χ1) is 30.7. The van der Waals surface area contributed by atoms with Crippen LogP contribution in [0.15, 0.2) is 72.9 Å². The number of ether oxygens (including phenoxy) is 3. The monoisotopic (exact) mass is 882 g/mol. The smallest absolute Gasteiger partial charge is 0.410 e. The van der Waals surface area contributed by atoms with Gasteiger partial charge in [0.2, 0.25) is 0 Å². The minimum Gasteiger partial charge on any atom is -0.466 e. The van der Waals surface area contributed by atoms with Gasteiger partial charge >= 0.3 is 18.0 Å². The van der Waals surface area contributed by atoms with Crippen LogP contribution in [0.1, 0.15) is 181 Å². The Hall–Kier alpha value is -3.43. The minimum atomic E-state index is -0.348. The lowest BCUT2D eigenvalue weighted by atomic mass is 10.1. The van der Waals surface area contributed by atoms with Crippen molar-refractivity contribution in [1.82, 2.24) is 14.7 Å². The van der Waals surface area contributed by atoms with Gasteiger partial charge in [0.15, 0.2) is 0 Å². The summed E-state index contributed by atoms with van der Waals surface area (Å²) < 4.78 is 17.3. The lowest BCUT2D eigenvalue weighted by Gasteiger charge is -2.27. The summed E-state index contributed by atoms with van der Waals surface area (Å²) in [6, 6.07) is 0. The topological polar surface area (TPSA) is 88.6 Å². The lowest BCUT2D eigenvalue weighted by molar-refractivity contribution is -0.144. The molecule has 0 saturated carbocycles. The normalized spacial score (nSPS) is 12.3. The number of allylic oxidation sites excluding steroid dienone is 12. The molecule has 0 saturated heterocycles. The Balaban J connectivity index is 4.64. The van der Waals surface area contributed by atoms with Gasteiger partial charge < -0.3 is 28.9 Å². The zero-order chi connectivity index (χ0) is 46.3. The highest BCUT2D eigenvalue weighted by Gasteiger charge is 2.21. The van der Waals surface area contributed by atoms with Crippen LogP contribution in [0.25, 0.3) is 0 Å². The molecule has 0 bridgehead atoms. The molecule has 0 heterocycles. The molecule has 9 nitrogen and oxygen atoms in total. The molecule has 362 valence electrons. The second-order valence-electron chi connectivity index (χ2n) is 17.2. The molecule has 0 N–H and O–H groups in total. The quantitative estimate of drug-likeness (QED) is 0.0259. The van der Waals surface area contributed by atoms with Crippen LogP contribution >= 0.6 is 0 Å². The van der Waals surface area contributed by atoms with Crippen molar-refractivity contribution in [3.8, 4) is 0 Å². The first kappa shape index (κ1) is 59.6. The summed E-state index contributed by atoms with van der Waals surface area (Å²) in [4.78, 5) is 44.6. The van der Waals surface area contributed by atoms with Crippen LogP contribution in [0.4, 0.5) is 4.79 Å². The number of carbonyl (C=O) groups excluding carboxylic acids is 3. The zero-order valence-corrected chi connectivity index (χ0v) is 41.4. The van der Waals surface area contributed by atoms with E-state index >= 15 is 0 Å². The number of amides is 1. The number of unbranched alkanes of at least 4 members (excludes halogenated alkanes) is 10. The van der Waals surface area contributed by atoms with Crippen molar-refractivity contribution in [1.29, 1.82) is 0 Å². The molecular formula is C54H95N3O6. The molecule has 0 unspecified atom stereocenters. The minimum absolute atomic E-state index is 0.160. The van der Waals surface area contributed by atoms with Crippen LogP contribution in [0.5, 0.6) is 0 Å². The van der Waals surface area contributed by atoms with E-state index in [2.05, 4.69) is 96.6 Å². The van der Waals surface area contributed by atoms with Crippen molar-refractivity contribution in [3.63, 3.8) is 0 Å². The van der Waals surface area contributed by atoms with Gasteiger partial charge in [-0.2, -0.15) is 0 Å². The lowest BCUT2D eigenvalue weighted by Crippen LogP contribution is -2.38. The van der Waals surface area contributed by atoms with Crippen molar-refractivity contribution in [3.05, 3.63) is 72.9 Å². The standard InChI is InChI=1S/C54H95N3O6/c1-7-9-11-13-15-17-19-21-23-25-27-29-31-33-35-43-52(58)61-49-37-41-51(63-54(60)57(47-39-45-55(3)4)48-40-46-56(5)6)42-38-50-62-53(59)44-36-34-32-30-28-26-24-22-20-18-16-14-12-10-8-2/h9-12,15-18,21-24,51H,7-8,13-14,19-20,25-50H2,1-6H3/b11-9-,12-10-,17-15-,18-16-,23-21-,24-22-. The van der Waals surface area contributed by atoms with E-state index in [0.717, 1.165) is 116 Å². The van der Waals surface area contributed by atoms with Crippen molar-refractivity contribution < 1.29 is 28.6 Å². The van der Waals surface area contributed by atoms with Crippen LogP contribution < -0.4 is 0 Å². The Labute approximate surface area is 387 Å². The van der Waals surface area contributed by atoms with Crippen molar-refractivity contribution in [2.45, 2.75) is 187 Å². The van der Waals surface area contributed by atoms with Gasteiger partial charge in [0.05, 0.1) is 13.2 Å². The summed E-state index contributed by atoms with van der Waals surface area (Å²) in [5.41, 5.74) is 0. The fraction of sp³-hybridized carbons (Fsp3) is 0.722. The van der Waals surface area contributed by atoms with E-state index in [1.165, 1.54) is 25.7 Å². The summed E-state index contributed by atoms with van der Waals surface area (Å²) in [5, 5.41) is 0. The Kier molecular flexibility index (Phi) is 44.0. The molecule has 0 aromatic rings. The van der Waals surface area contributed by atoms with Crippen LogP contribution in [-0.2, 0) is 23.8 Å². The van der Waals surface area contributed by atoms with Gasteiger partial charge in [-0.1, -0.05) is 125 Å². The van der Waals surface area contributed by atoms with E-state index in [4.69, 9.17) is 14.2 Å². The van der Waals surface area contributed by atoms with E-state index < -0.39 is 0 Å². The summed E-state index contributed by atoms with van der Waals surface area (Å²) in [6.07, 6.45) is 50.2. The van der Waals surface area contributed by atoms with E-state index in [1.807, 2.05) is 33.1 Å². The van der Waals surface area contributed by atoms with Gasteiger partial charge in [0.1, 0.15) is 6.10 Å². The predicted molar refractivity (Wildman–Crippen MR) is 267 cm³/mol. The molecule has 0 aromatic heterocycles. The van der Waals surface area contributed by atoms with Gasteiger partial charge in [-0.25, -0.2) is 4.79 Å². The number of carbonyl (C=O) groups is 3. The first-order valence-corrected chi connectivity index (χ1v) is 25.2. The number of hydrogen-bond donors (Lipinski definition) is 0. The average Bonchev–Trinajstić information content (AvgIpc) is 3.25. The highest BCUT2D eigenvalue weighted by Crippen LogP contribution is 2.15. The number of hydrogen-bond acceptors (Lipinski definition) is 8. The molecule has 0 aliphatic rings. The molecule has 0 aromatic carbocycles. The second-order valence-corrected chi connectivity index (χ2v) is 17.2. The third-order valence-corrected chi connectivity index (χ3v) is 10.5. The summed E-state index contributed by atoms with van der Waals surface area (Å²) >= 11 is 0. The second kappa shape index (κ2) is 46.6. The molecule has 0 aliphatic heterocycles. The number of nitrogens with zero attached hydrogens (tertiary/aromatic N) is 3. The molecule has 0 atom stereocenters. The molecule has 0 aliphatic carbocycles. The largest absolute Gasteiger partial charge is 0.466 e. The first-order valence-electron chi connectivity index (χ1n) is 25.2. The Morgan fingerprint density at radius 3 is 1.19 bits per heavy atom. The van der Waals surface area contributed by atoms with Crippen molar-refractivity contribution >= 4 is 18.0 Å². The van der Waals surface area contributed by atoms with E-state index in [-0.39, 0.29) is 24.1 Å². The Bertz CT molecular complexity index is 1170. The fourth-order valence-corrected chi connectivity index (χ4v) is 6.84. The van der Waals surface area contributed by atoms with Crippen LogP contribution in [-0.4, -0.2) is 106 Å². The maximum Gasteiger partial charge on any atom is 0.410 e. The number of rotatable bonds is 43. The van der Waals surface area contributed by atoms with Crippen molar-refractivity contribution in [2.75, 3.05) is 67.6 Å². The SMILES string of the molecule is CC/C=C\C/C=C\C/C=C\CCCCCCCC(=O)OCCCC(CCCOC(=O)CCCCCCC/C=C\C/C=C\C/C=C\CC)OC(=O)N(CCCN(C)C)CCCN(C)C. The van der Waals surface area contributed by atoms with E-state index in [1.54, 1.807) is 0 Å². The highest BCUT2D eigenvalue weighted by atomic mass is 16.6. The highest BCUT2D eigenvalue weighted by molar-refractivity contribution is 5.69. The maximum atomic E-state index is 13.5. The van der Waals surface area contributed by atoms with E-state index in [9.17, 15) is 14.4 Å². The van der Waals surface area contributed by atoms with Gasteiger partial charge in [0, 0.05) is 25.9 Å². The Morgan fingerprint density at radius 2 is 0.794 bits per heavy atom. The number of esters is 2. The van der Waals surface area contributed by atoms with Gasteiger partial charge in [-0.05, 0) is 157 Å².